The number of ether oxygens (including phenoxy) is 1. The van der Waals surface area contributed by atoms with Crippen LogP contribution in [0.3, 0.4) is 0 Å². The van der Waals surface area contributed by atoms with E-state index in [4.69, 9.17) is 4.74 Å². The van der Waals surface area contributed by atoms with E-state index >= 15 is 0 Å². The summed E-state index contributed by atoms with van der Waals surface area (Å²) < 4.78 is 6.68. The van der Waals surface area contributed by atoms with E-state index in [1.165, 1.54) is 7.11 Å². The number of hydrogen-bond acceptors (Lipinski definition) is 2. The van der Waals surface area contributed by atoms with Gasteiger partial charge in [0.15, 0.2) is 0 Å². The lowest BCUT2D eigenvalue weighted by molar-refractivity contribution is 0.0603. The summed E-state index contributed by atoms with van der Waals surface area (Å²) in [6.45, 7) is 2.01. The van der Waals surface area contributed by atoms with Crippen LogP contribution in [0.25, 0.3) is 10.9 Å². The summed E-state index contributed by atoms with van der Waals surface area (Å²) in [5.74, 6) is -0.286. The fraction of sp³-hybridized carbons (Fsp3) is 0.250. The summed E-state index contributed by atoms with van der Waals surface area (Å²) in [6, 6.07) is 6.04. The molecule has 78 valence electrons. The molecule has 0 unspecified atom stereocenters. The van der Waals surface area contributed by atoms with Crippen molar-refractivity contribution in [3.05, 3.63) is 35.5 Å². The summed E-state index contributed by atoms with van der Waals surface area (Å²) in [6.07, 6.45) is 1.80. The lowest BCUT2D eigenvalue weighted by Crippen LogP contribution is -1.99. The van der Waals surface area contributed by atoms with E-state index in [9.17, 15) is 4.79 Å². The van der Waals surface area contributed by atoms with Crippen molar-refractivity contribution in [3.8, 4) is 0 Å². The summed E-state index contributed by atoms with van der Waals surface area (Å²) in [4.78, 5) is 11.5. The second-order valence-electron chi connectivity index (χ2n) is 3.67. The first-order chi connectivity index (χ1) is 7.13. The van der Waals surface area contributed by atoms with Crippen molar-refractivity contribution < 1.29 is 9.53 Å². The number of aromatic nitrogens is 1. The largest absolute Gasteiger partial charge is 0.465 e. The second kappa shape index (κ2) is 3.42. The number of hydrogen-bond donors (Lipinski definition) is 0. The molecule has 0 amide bonds. The zero-order valence-electron chi connectivity index (χ0n) is 9.07. The summed E-state index contributed by atoms with van der Waals surface area (Å²) in [5.41, 5.74) is 2.80. The molecule has 2 aromatic rings. The van der Waals surface area contributed by atoms with Crippen molar-refractivity contribution in [2.45, 2.75) is 6.92 Å². The van der Waals surface area contributed by atoms with Crippen LogP contribution in [0.4, 0.5) is 0 Å². The van der Waals surface area contributed by atoms with Gasteiger partial charge in [-0.2, -0.15) is 0 Å². The standard InChI is InChI=1S/C12H13NO2/c1-8-4-5-11-9(6-8)10(7-13(11)2)12(14)15-3/h4-7H,1-3H3. The average Bonchev–Trinajstić information content (AvgIpc) is 2.54. The van der Waals surface area contributed by atoms with Crippen molar-refractivity contribution in [1.29, 1.82) is 0 Å². The van der Waals surface area contributed by atoms with E-state index in [-0.39, 0.29) is 5.97 Å². The highest BCUT2D eigenvalue weighted by Gasteiger charge is 2.13. The Labute approximate surface area is 88.3 Å². The van der Waals surface area contributed by atoms with Crippen LogP contribution in [0.15, 0.2) is 24.4 Å². The molecule has 1 aromatic carbocycles. The number of carbonyl (C=O) groups is 1. The Morgan fingerprint density at radius 3 is 2.80 bits per heavy atom. The van der Waals surface area contributed by atoms with E-state index in [1.54, 1.807) is 6.20 Å². The van der Waals surface area contributed by atoms with Gasteiger partial charge >= 0.3 is 5.97 Å². The zero-order valence-corrected chi connectivity index (χ0v) is 9.07. The van der Waals surface area contributed by atoms with Crippen LogP contribution in [0.2, 0.25) is 0 Å². The van der Waals surface area contributed by atoms with Crippen LogP contribution in [0, 0.1) is 6.92 Å². The molecule has 15 heavy (non-hydrogen) atoms. The Morgan fingerprint density at radius 2 is 2.13 bits per heavy atom. The van der Waals surface area contributed by atoms with Gasteiger partial charge in [-0.15, -0.1) is 0 Å². The molecule has 0 fully saturated rings. The third kappa shape index (κ3) is 1.50. The van der Waals surface area contributed by atoms with E-state index < -0.39 is 0 Å². The number of nitrogens with zero attached hydrogens (tertiary/aromatic N) is 1. The molecule has 0 radical (unpaired) electrons. The van der Waals surface area contributed by atoms with E-state index in [0.717, 1.165) is 16.5 Å². The topological polar surface area (TPSA) is 31.2 Å². The quantitative estimate of drug-likeness (QED) is 0.666. The molecule has 0 saturated carbocycles. The molecule has 2 rings (SSSR count). The van der Waals surface area contributed by atoms with Crippen molar-refractivity contribution in [3.63, 3.8) is 0 Å². The molecule has 3 nitrogen and oxygen atoms in total. The molecular weight excluding hydrogens is 190 g/mol. The number of aryl methyl sites for hydroxylation is 2. The summed E-state index contributed by atoms with van der Waals surface area (Å²) in [7, 11) is 3.32. The van der Waals surface area contributed by atoms with Crippen LogP contribution in [0.5, 0.6) is 0 Å². The van der Waals surface area contributed by atoms with Gasteiger partial charge in [0.2, 0.25) is 0 Å². The summed E-state index contributed by atoms with van der Waals surface area (Å²) in [5, 5.41) is 0.948. The predicted octanol–water partition coefficient (Wildman–Crippen LogP) is 2.27. The van der Waals surface area contributed by atoms with Crippen molar-refractivity contribution in [2.24, 2.45) is 7.05 Å². The minimum absolute atomic E-state index is 0.286. The van der Waals surface area contributed by atoms with E-state index in [1.807, 2.05) is 36.7 Å². The Hall–Kier alpha value is -1.77. The molecule has 0 aliphatic carbocycles. The molecule has 1 heterocycles. The third-order valence-corrected chi connectivity index (χ3v) is 2.55. The third-order valence-electron chi connectivity index (χ3n) is 2.55. The minimum Gasteiger partial charge on any atom is -0.465 e. The number of benzene rings is 1. The fourth-order valence-electron chi connectivity index (χ4n) is 1.78. The van der Waals surface area contributed by atoms with Crippen molar-refractivity contribution in [1.82, 2.24) is 4.57 Å². The Morgan fingerprint density at radius 1 is 1.40 bits per heavy atom. The van der Waals surface area contributed by atoms with Crippen LogP contribution in [-0.4, -0.2) is 17.6 Å². The van der Waals surface area contributed by atoms with Gasteiger partial charge in [-0.05, 0) is 19.1 Å². The number of rotatable bonds is 1. The van der Waals surface area contributed by atoms with Gasteiger partial charge in [0.1, 0.15) is 0 Å². The van der Waals surface area contributed by atoms with Gasteiger partial charge in [0, 0.05) is 24.1 Å². The summed E-state index contributed by atoms with van der Waals surface area (Å²) >= 11 is 0. The molecule has 3 heteroatoms. The molecule has 0 aliphatic heterocycles. The lowest BCUT2D eigenvalue weighted by Gasteiger charge is -1.98. The Bertz CT molecular complexity index is 526. The number of esters is 1. The van der Waals surface area contributed by atoms with Gasteiger partial charge in [-0.3, -0.25) is 0 Å². The molecule has 0 atom stereocenters. The lowest BCUT2D eigenvalue weighted by atomic mass is 10.1. The maximum absolute atomic E-state index is 11.5. The first-order valence-corrected chi connectivity index (χ1v) is 4.77. The van der Waals surface area contributed by atoms with Gasteiger partial charge in [-0.1, -0.05) is 11.6 Å². The molecule has 0 bridgehead atoms. The molecule has 0 aliphatic rings. The van der Waals surface area contributed by atoms with E-state index in [2.05, 4.69) is 0 Å². The monoisotopic (exact) mass is 203 g/mol. The highest BCUT2D eigenvalue weighted by Crippen LogP contribution is 2.22. The zero-order chi connectivity index (χ0) is 11.0. The van der Waals surface area contributed by atoms with Crippen molar-refractivity contribution >= 4 is 16.9 Å². The average molecular weight is 203 g/mol. The normalized spacial score (nSPS) is 10.6. The van der Waals surface area contributed by atoms with E-state index in [0.29, 0.717) is 5.56 Å². The predicted molar refractivity (Wildman–Crippen MR) is 59.0 cm³/mol. The van der Waals surface area contributed by atoms with Crippen LogP contribution >= 0.6 is 0 Å². The first kappa shape index (κ1) is 9.77. The number of carbonyl (C=O) groups excluding carboxylic acids is 1. The molecular formula is C12H13NO2. The van der Waals surface area contributed by atoms with Gasteiger partial charge in [0.25, 0.3) is 0 Å². The van der Waals surface area contributed by atoms with Gasteiger partial charge < -0.3 is 9.30 Å². The van der Waals surface area contributed by atoms with Crippen LogP contribution < -0.4 is 0 Å². The molecule has 0 spiro atoms. The Kier molecular flexibility index (Phi) is 2.23. The SMILES string of the molecule is COC(=O)c1cn(C)c2ccc(C)cc12. The fourth-order valence-corrected chi connectivity index (χ4v) is 1.78. The highest BCUT2D eigenvalue weighted by atomic mass is 16.5. The minimum atomic E-state index is -0.286. The molecule has 0 saturated heterocycles. The maximum atomic E-state index is 11.5. The van der Waals surface area contributed by atoms with Gasteiger partial charge in [0.05, 0.1) is 12.7 Å². The number of fused-ring (bicyclic) bond motifs is 1. The molecule has 1 aromatic heterocycles. The first-order valence-electron chi connectivity index (χ1n) is 4.77. The van der Waals surface area contributed by atoms with Crippen LogP contribution in [-0.2, 0) is 11.8 Å². The smallest absolute Gasteiger partial charge is 0.340 e. The van der Waals surface area contributed by atoms with Gasteiger partial charge in [-0.25, -0.2) is 4.79 Å². The molecule has 0 N–H and O–H groups in total. The maximum Gasteiger partial charge on any atom is 0.340 e. The second-order valence-corrected chi connectivity index (χ2v) is 3.67. The Balaban J connectivity index is 2.75. The number of methoxy groups -OCH3 is 1. The van der Waals surface area contributed by atoms with Crippen LogP contribution in [0.1, 0.15) is 15.9 Å². The van der Waals surface area contributed by atoms with Crippen molar-refractivity contribution in [2.75, 3.05) is 7.11 Å². The highest BCUT2D eigenvalue weighted by molar-refractivity contribution is 6.04.